The summed E-state index contributed by atoms with van der Waals surface area (Å²) < 4.78 is 0. The van der Waals surface area contributed by atoms with E-state index in [1.807, 2.05) is 4.98 Å². The maximum absolute atomic E-state index is 11.5. The van der Waals surface area contributed by atoms with Crippen LogP contribution in [0.5, 0.6) is 0 Å². The zero-order chi connectivity index (χ0) is 13.0. The van der Waals surface area contributed by atoms with Crippen LogP contribution in [0.25, 0.3) is 0 Å². The summed E-state index contributed by atoms with van der Waals surface area (Å²) in [5.74, 6) is 0.176. The van der Waals surface area contributed by atoms with E-state index in [1.165, 1.54) is 6.33 Å². The molecule has 0 saturated heterocycles. The van der Waals surface area contributed by atoms with Crippen molar-refractivity contribution >= 4 is 5.91 Å². The largest absolute Gasteiger partial charge is 0.348 e. The second-order valence-electron chi connectivity index (χ2n) is 3.50. The van der Waals surface area contributed by atoms with Crippen LogP contribution in [0.4, 0.5) is 0 Å². The van der Waals surface area contributed by atoms with Crippen LogP contribution < -0.4 is 16.6 Å². The highest BCUT2D eigenvalue weighted by Crippen LogP contribution is 1.90. The van der Waals surface area contributed by atoms with Crippen LogP contribution in [0.2, 0.25) is 0 Å². The molecule has 0 aromatic carbocycles. The van der Waals surface area contributed by atoms with E-state index in [0.29, 0.717) is 5.82 Å². The zero-order valence-corrected chi connectivity index (χ0v) is 9.19. The number of nitrogens with one attached hydrogen (secondary N) is 4. The van der Waals surface area contributed by atoms with E-state index in [1.54, 1.807) is 0 Å². The van der Waals surface area contributed by atoms with Crippen molar-refractivity contribution in [2.75, 3.05) is 0 Å². The Hall–Kier alpha value is -2.71. The molecule has 2 aromatic rings. The minimum absolute atomic E-state index is 0.0900. The van der Waals surface area contributed by atoms with Gasteiger partial charge in [0.2, 0.25) is 5.91 Å². The molecule has 0 radical (unpaired) electrons. The van der Waals surface area contributed by atoms with Gasteiger partial charge in [-0.2, -0.15) is 5.10 Å². The van der Waals surface area contributed by atoms with Crippen molar-refractivity contribution in [1.29, 1.82) is 0 Å². The minimum Gasteiger partial charge on any atom is -0.348 e. The second-order valence-corrected chi connectivity index (χ2v) is 3.50. The fourth-order valence-corrected chi connectivity index (χ4v) is 1.35. The lowest BCUT2D eigenvalue weighted by Crippen LogP contribution is -2.29. The number of aromatic amines is 3. The van der Waals surface area contributed by atoms with Gasteiger partial charge in [-0.25, -0.2) is 9.78 Å². The number of aromatic nitrogens is 5. The van der Waals surface area contributed by atoms with Crippen LogP contribution in [-0.2, 0) is 17.8 Å². The summed E-state index contributed by atoms with van der Waals surface area (Å²) in [7, 11) is 0. The molecule has 0 saturated carbocycles. The Balaban J connectivity index is 1.94. The average molecular weight is 250 g/mol. The first-order valence-electron chi connectivity index (χ1n) is 5.07. The highest BCUT2D eigenvalue weighted by atomic mass is 16.2. The fraction of sp³-hybridized carbons (Fsp3) is 0.222. The molecule has 1 amide bonds. The number of H-pyrrole nitrogens is 3. The number of carbonyl (C=O) groups is 1. The summed E-state index contributed by atoms with van der Waals surface area (Å²) in [6, 6.07) is 1.16. The molecular weight excluding hydrogens is 240 g/mol. The first kappa shape index (κ1) is 11.8. The molecule has 0 atom stereocenters. The molecule has 2 aromatic heterocycles. The van der Waals surface area contributed by atoms with E-state index >= 15 is 0 Å². The zero-order valence-electron chi connectivity index (χ0n) is 9.19. The van der Waals surface area contributed by atoms with Crippen molar-refractivity contribution in [2.45, 2.75) is 13.0 Å². The summed E-state index contributed by atoms with van der Waals surface area (Å²) in [5, 5.41) is 8.78. The van der Waals surface area contributed by atoms with Crippen LogP contribution in [-0.4, -0.2) is 31.1 Å². The monoisotopic (exact) mass is 250 g/mol. The highest BCUT2D eigenvalue weighted by Gasteiger charge is 2.06. The van der Waals surface area contributed by atoms with Crippen molar-refractivity contribution in [3.05, 3.63) is 44.8 Å². The fourth-order valence-electron chi connectivity index (χ4n) is 1.35. The molecule has 0 bridgehead atoms. The molecule has 2 heterocycles. The lowest BCUT2D eigenvalue weighted by molar-refractivity contribution is -0.120. The number of amides is 1. The maximum atomic E-state index is 11.5. The van der Waals surface area contributed by atoms with E-state index in [4.69, 9.17) is 0 Å². The molecular formula is C9H10N6O3. The molecule has 4 N–H and O–H groups in total. The number of hydrogen-bond donors (Lipinski definition) is 4. The van der Waals surface area contributed by atoms with E-state index in [0.717, 1.165) is 6.07 Å². The van der Waals surface area contributed by atoms with Crippen LogP contribution in [0.15, 0.2) is 22.0 Å². The molecule has 0 unspecified atom stereocenters. The van der Waals surface area contributed by atoms with Gasteiger partial charge < -0.3 is 10.3 Å². The molecule has 2 rings (SSSR count). The lowest BCUT2D eigenvalue weighted by Gasteiger charge is -2.02. The predicted molar refractivity (Wildman–Crippen MR) is 59.6 cm³/mol. The van der Waals surface area contributed by atoms with Crippen LogP contribution in [0.3, 0.4) is 0 Å². The van der Waals surface area contributed by atoms with Gasteiger partial charge in [0.05, 0.1) is 13.0 Å². The van der Waals surface area contributed by atoms with Gasteiger partial charge in [0.15, 0.2) is 0 Å². The topological polar surface area (TPSA) is 136 Å². The van der Waals surface area contributed by atoms with Gasteiger partial charge in [-0.1, -0.05) is 0 Å². The van der Waals surface area contributed by atoms with E-state index in [2.05, 4.69) is 25.5 Å². The first-order chi connectivity index (χ1) is 8.63. The Morgan fingerprint density at radius 2 is 2.17 bits per heavy atom. The van der Waals surface area contributed by atoms with Crippen LogP contribution in [0.1, 0.15) is 11.5 Å². The number of hydrogen-bond acceptors (Lipinski definition) is 5. The van der Waals surface area contributed by atoms with Crippen molar-refractivity contribution < 1.29 is 4.79 Å². The van der Waals surface area contributed by atoms with E-state index < -0.39 is 11.2 Å². The van der Waals surface area contributed by atoms with Crippen molar-refractivity contribution in [3.63, 3.8) is 0 Å². The van der Waals surface area contributed by atoms with Gasteiger partial charge in [-0.3, -0.25) is 19.7 Å². The van der Waals surface area contributed by atoms with Gasteiger partial charge in [0.1, 0.15) is 12.2 Å². The molecule has 18 heavy (non-hydrogen) atoms. The Morgan fingerprint density at radius 1 is 1.33 bits per heavy atom. The standard InChI is InChI=1S/C9H10N6O3/c16-7(10-3-6-11-4-12-15-6)1-5-2-8(17)14-9(18)13-5/h2,4H,1,3H2,(H,10,16)(H,11,12,15)(H2,13,14,17,18). The maximum Gasteiger partial charge on any atom is 0.325 e. The Labute approximate surface area is 99.7 Å². The van der Waals surface area contributed by atoms with Crippen molar-refractivity contribution in [2.24, 2.45) is 0 Å². The predicted octanol–water partition coefficient (Wildman–Crippen LogP) is -1.96. The SMILES string of the molecule is O=C(Cc1cc(=O)[nH]c(=O)[nH]1)NCc1ncn[nH]1. The third-order valence-electron chi connectivity index (χ3n) is 2.09. The normalized spacial score (nSPS) is 10.2. The van der Waals surface area contributed by atoms with Crippen molar-refractivity contribution in [3.8, 4) is 0 Å². The summed E-state index contributed by atoms with van der Waals surface area (Å²) in [6.45, 7) is 0.201. The first-order valence-corrected chi connectivity index (χ1v) is 5.07. The number of nitrogens with zero attached hydrogens (tertiary/aromatic N) is 2. The molecule has 9 heteroatoms. The Bertz CT molecular complexity index is 613. The van der Waals surface area contributed by atoms with Gasteiger partial charge in [-0.05, 0) is 0 Å². The summed E-state index contributed by atoms with van der Waals surface area (Å²) in [6.07, 6.45) is 1.24. The third-order valence-corrected chi connectivity index (χ3v) is 2.09. The molecule has 0 fully saturated rings. The highest BCUT2D eigenvalue weighted by molar-refractivity contribution is 5.77. The van der Waals surface area contributed by atoms with E-state index in [-0.39, 0.29) is 24.6 Å². The Morgan fingerprint density at radius 3 is 2.83 bits per heavy atom. The van der Waals surface area contributed by atoms with Crippen LogP contribution in [0, 0.1) is 0 Å². The van der Waals surface area contributed by atoms with Gasteiger partial charge in [0.25, 0.3) is 5.56 Å². The average Bonchev–Trinajstić information content (AvgIpc) is 2.77. The lowest BCUT2D eigenvalue weighted by atomic mass is 10.3. The third kappa shape index (κ3) is 3.14. The number of rotatable bonds is 4. The summed E-state index contributed by atoms with van der Waals surface area (Å²) in [4.78, 5) is 41.7. The summed E-state index contributed by atoms with van der Waals surface area (Å²) in [5.41, 5.74) is -0.934. The quantitative estimate of drug-likeness (QED) is 0.499. The number of carbonyl (C=O) groups excluding carboxylic acids is 1. The molecule has 94 valence electrons. The van der Waals surface area contributed by atoms with Gasteiger partial charge >= 0.3 is 5.69 Å². The molecule has 0 spiro atoms. The second kappa shape index (κ2) is 5.08. The minimum atomic E-state index is -0.638. The van der Waals surface area contributed by atoms with Gasteiger partial charge in [-0.15, -0.1) is 0 Å². The van der Waals surface area contributed by atoms with Gasteiger partial charge in [0, 0.05) is 11.8 Å². The Kier molecular flexibility index (Phi) is 3.32. The van der Waals surface area contributed by atoms with Crippen molar-refractivity contribution in [1.82, 2.24) is 30.5 Å². The smallest absolute Gasteiger partial charge is 0.325 e. The van der Waals surface area contributed by atoms with E-state index in [9.17, 15) is 14.4 Å². The molecule has 9 nitrogen and oxygen atoms in total. The molecule has 0 aliphatic heterocycles. The summed E-state index contributed by atoms with van der Waals surface area (Å²) >= 11 is 0. The molecule has 0 aliphatic rings. The van der Waals surface area contributed by atoms with Crippen LogP contribution >= 0.6 is 0 Å². The molecule has 0 aliphatic carbocycles.